The second-order valence-electron chi connectivity index (χ2n) is 31.4. The Morgan fingerprint density at radius 2 is 1.13 bits per heavy atom. The minimum Gasteiger partial charge on any atom is -0.457 e. The number of rotatable bonds is 17. The van der Waals surface area contributed by atoms with Gasteiger partial charge in [-0.1, -0.05) is 53.2 Å². The Morgan fingerprint density at radius 3 is 1.78 bits per heavy atom. The van der Waals surface area contributed by atoms with Gasteiger partial charge in [0, 0.05) is 12.3 Å². The van der Waals surface area contributed by atoms with E-state index in [4.69, 9.17) is 61.6 Å². The Labute approximate surface area is 565 Å². The standard InChI is InChI=1S/C65H104O33/c1-25-45(93-52-42(80)46(31(73)21-86-52)94-57-50(83)64(85,23-69)24-88-57)48(90-26(2)70)44(82)54(89-25)96-49-37(75)30(72)20-87-56(49)98-58(84)65-14-13-59(3,4)15-28(65)27-9-10-35-60(5)16-29(71)51(61(6,22-68)34(60)11-12-62(35,7)63(27,8)17-36(65)74)97-55-43(81)47(39(77)33(19-67)92-55)95-53-41(79)40(78)38(76)32(18-66)91-53/h9,25,28-57,66-69,71-83,85H,10-24H2,1-8H3/t25-,28-,29-,30-,31+,32+,33+,34+,35+,36+,37-,38+,39+,40-,41+,42+,43+,44+,45-,46-,47-,48-,49+,50-,51-,52-,53-,54-,55-,56-,57-,60-,61+,62+,63+,64+,65+/m0/s1. The van der Waals surface area contributed by atoms with Gasteiger partial charge >= 0.3 is 11.9 Å². The summed E-state index contributed by atoms with van der Waals surface area (Å²) in [6.07, 6.45) is -42.3. The molecule has 0 amide bonds. The van der Waals surface area contributed by atoms with Crippen LogP contribution in [-0.4, -0.2) is 328 Å². The van der Waals surface area contributed by atoms with Crippen molar-refractivity contribution in [1.82, 2.24) is 0 Å². The molecule has 562 valence electrons. The molecule has 5 aliphatic carbocycles. The molecular weight excluding hydrogens is 1310 g/mol. The molecule has 0 aromatic heterocycles. The molecule has 33 heteroatoms. The van der Waals surface area contributed by atoms with Crippen molar-refractivity contribution in [3.05, 3.63) is 11.6 Å². The van der Waals surface area contributed by atoms with Gasteiger partial charge in [-0.3, -0.25) is 9.59 Å². The van der Waals surface area contributed by atoms with Crippen LogP contribution in [0.15, 0.2) is 11.6 Å². The van der Waals surface area contributed by atoms with Gasteiger partial charge in [-0.2, -0.15) is 0 Å². The van der Waals surface area contributed by atoms with Crippen LogP contribution in [0.2, 0.25) is 0 Å². The van der Waals surface area contributed by atoms with Gasteiger partial charge in [0.05, 0.1) is 70.7 Å². The lowest BCUT2D eigenvalue weighted by molar-refractivity contribution is -0.375. The zero-order chi connectivity index (χ0) is 71.6. The SMILES string of the molecule is CC(=O)O[C@H]1[C@@H](O)[C@H](O[C@H]2[C@H](OC(=O)[C@]34CCC(C)(C)C[C@H]3C3=CC[C@@H]5[C@@]6(C)C[C@H](O)[C@H](O[C@@H]7O[C@H](CO)[C@@H](O)[C@H](O[C@@H]8O[C@H](CO)[C@@H](O)[C@H](O)[C@H]8O)[C@H]7O)[C@](C)(CO)[C@@H]6CC[C@@]5(C)[C@]3(C)C[C@H]4O)OC[C@H](O)[C@@H]2O)O[C@@H](C)[C@@H]1O[C@@H]1OC[C@@H](O)[C@H](O[C@@H]2OC[C@](O)(CO)[C@H]2O)[C@H]1O. The summed E-state index contributed by atoms with van der Waals surface area (Å²) >= 11 is 0. The number of esters is 2. The third-order valence-corrected chi connectivity index (χ3v) is 24.9. The fourth-order valence-electron chi connectivity index (χ4n) is 19.2. The number of hydrogen-bond donors (Lipinski definition) is 18. The predicted molar refractivity (Wildman–Crippen MR) is 322 cm³/mol. The van der Waals surface area contributed by atoms with E-state index in [0.29, 0.717) is 32.1 Å². The van der Waals surface area contributed by atoms with Crippen molar-refractivity contribution in [1.29, 1.82) is 0 Å². The first-order chi connectivity index (χ1) is 45.9. The van der Waals surface area contributed by atoms with Gasteiger partial charge in [-0.25, -0.2) is 0 Å². The lowest BCUT2D eigenvalue weighted by Gasteiger charge is -2.72. The Morgan fingerprint density at radius 1 is 0.541 bits per heavy atom. The highest BCUT2D eigenvalue weighted by Crippen LogP contribution is 2.76. The number of aliphatic hydroxyl groups excluding tert-OH is 17. The van der Waals surface area contributed by atoms with Crippen molar-refractivity contribution in [2.45, 2.75) is 284 Å². The van der Waals surface area contributed by atoms with E-state index in [0.717, 1.165) is 12.5 Å². The van der Waals surface area contributed by atoms with Gasteiger partial charge in [-0.15, -0.1) is 0 Å². The van der Waals surface area contributed by atoms with Gasteiger partial charge in [-0.05, 0) is 97.7 Å². The molecule has 0 unspecified atom stereocenters. The van der Waals surface area contributed by atoms with Crippen molar-refractivity contribution in [2.24, 2.45) is 50.2 Å². The first-order valence-corrected chi connectivity index (χ1v) is 34.1. The fraction of sp³-hybridized carbons (Fsp3) is 0.938. The average molecular weight is 1410 g/mol. The molecular formula is C65H104O33. The van der Waals surface area contributed by atoms with E-state index in [1.807, 2.05) is 0 Å². The van der Waals surface area contributed by atoms with Crippen LogP contribution >= 0.6 is 0 Å². The quantitative estimate of drug-likeness (QED) is 0.0366. The molecule has 6 heterocycles. The van der Waals surface area contributed by atoms with E-state index in [9.17, 15) is 96.7 Å². The first-order valence-electron chi connectivity index (χ1n) is 34.1. The van der Waals surface area contributed by atoms with Gasteiger partial charge in [0.25, 0.3) is 0 Å². The van der Waals surface area contributed by atoms with Crippen molar-refractivity contribution in [3.8, 4) is 0 Å². The van der Waals surface area contributed by atoms with E-state index >= 15 is 4.79 Å². The molecule has 98 heavy (non-hydrogen) atoms. The molecule has 0 aromatic rings. The van der Waals surface area contributed by atoms with Crippen LogP contribution in [0.25, 0.3) is 0 Å². The minimum absolute atomic E-state index is 0.0586. The summed E-state index contributed by atoms with van der Waals surface area (Å²) < 4.78 is 76.7. The third-order valence-electron chi connectivity index (χ3n) is 24.9. The number of fused-ring (bicyclic) bond motifs is 7. The maximum atomic E-state index is 15.6. The lowest BCUT2D eigenvalue weighted by atomic mass is 9.33. The minimum atomic E-state index is -2.11. The second-order valence-corrected chi connectivity index (χ2v) is 31.4. The highest BCUT2D eigenvalue weighted by atomic mass is 16.8. The Balaban J connectivity index is 0.811. The smallest absolute Gasteiger partial charge is 0.317 e. The predicted octanol–water partition coefficient (Wildman–Crippen LogP) is -5.96. The van der Waals surface area contributed by atoms with E-state index in [1.54, 1.807) is 6.92 Å². The number of aliphatic hydroxyl groups is 18. The maximum absolute atomic E-state index is 15.6. The molecule has 18 N–H and O–H groups in total. The summed E-state index contributed by atoms with van der Waals surface area (Å²) in [5.74, 6) is -3.10. The van der Waals surface area contributed by atoms with Gasteiger partial charge < -0.3 is 153 Å². The molecule has 33 nitrogen and oxygen atoms in total. The average Bonchev–Trinajstić information content (AvgIpc) is 0.708. The molecule has 6 aliphatic heterocycles. The van der Waals surface area contributed by atoms with Crippen LogP contribution in [0.5, 0.6) is 0 Å². The molecule has 37 atom stereocenters. The molecule has 0 aromatic carbocycles. The topological polar surface area (TPSA) is 518 Å². The number of carbonyl (C=O) groups excluding carboxylic acids is 2. The Hall–Kier alpha value is -2.48. The normalized spacial score (nSPS) is 54.1. The summed E-state index contributed by atoms with van der Waals surface area (Å²) in [4.78, 5) is 28.4. The van der Waals surface area contributed by atoms with Gasteiger partial charge in [0.15, 0.2) is 43.7 Å². The van der Waals surface area contributed by atoms with Gasteiger partial charge in [0.1, 0.15) is 109 Å². The fourth-order valence-corrected chi connectivity index (χ4v) is 19.2. The van der Waals surface area contributed by atoms with Gasteiger partial charge in [0.2, 0.25) is 6.29 Å². The third kappa shape index (κ3) is 12.9. The molecule has 0 spiro atoms. The number of hydrogen-bond acceptors (Lipinski definition) is 33. The van der Waals surface area contributed by atoms with Crippen LogP contribution in [0, 0.1) is 50.2 Å². The molecule has 4 saturated carbocycles. The van der Waals surface area contributed by atoms with Crippen LogP contribution in [-0.2, 0) is 71.2 Å². The monoisotopic (exact) mass is 1410 g/mol. The number of ether oxygens (including phenoxy) is 13. The summed E-state index contributed by atoms with van der Waals surface area (Å²) in [6.45, 7) is 10.0. The van der Waals surface area contributed by atoms with Crippen LogP contribution in [0.1, 0.15) is 107 Å². The van der Waals surface area contributed by atoms with Crippen molar-refractivity contribution in [2.75, 3.05) is 46.2 Å². The number of carbonyl (C=O) groups is 2. The molecule has 0 bridgehead atoms. The molecule has 6 saturated heterocycles. The zero-order valence-electron chi connectivity index (χ0n) is 56.3. The summed E-state index contributed by atoms with van der Waals surface area (Å²) in [5.41, 5.74) is -6.71. The molecule has 11 aliphatic rings. The second kappa shape index (κ2) is 28.4. The summed E-state index contributed by atoms with van der Waals surface area (Å²) in [5, 5.41) is 200. The van der Waals surface area contributed by atoms with Crippen molar-refractivity contribution in [3.63, 3.8) is 0 Å². The molecule has 10 fully saturated rings. The zero-order valence-corrected chi connectivity index (χ0v) is 56.3. The van der Waals surface area contributed by atoms with Crippen LogP contribution < -0.4 is 0 Å². The highest BCUT2D eigenvalue weighted by Gasteiger charge is 2.74. The van der Waals surface area contributed by atoms with E-state index in [1.165, 1.54) is 6.92 Å². The largest absolute Gasteiger partial charge is 0.457 e. The lowest BCUT2D eigenvalue weighted by Crippen LogP contribution is -2.71. The van der Waals surface area contributed by atoms with E-state index < -0.39 is 275 Å². The Bertz CT molecular complexity index is 2820. The summed E-state index contributed by atoms with van der Waals surface area (Å²) in [6, 6.07) is 0. The highest BCUT2D eigenvalue weighted by molar-refractivity contribution is 5.80. The maximum Gasteiger partial charge on any atom is 0.317 e. The number of allylic oxidation sites excluding steroid dienone is 2. The van der Waals surface area contributed by atoms with Crippen LogP contribution in [0.3, 0.4) is 0 Å². The molecule has 11 rings (SSSR count). The van der Waals surface area contributed by atoms with Crippen molar-refractivity contribution < 1.29 is 163 Å². The summed E-state index contributed by atoms with van der Waals surface area (Å²) in [7, 11) is 0. The molecule has 0 radical (unpaired) electrons. The van der Waals surface area contributed by atoms with Crippen LogP contribution in [0.4, 0.5) is 0 Å². The Kier molecular flexibility index (Phi) is 22.2. The van der Waals surface area contributed by atoms with E-state index in [-0.39, 0.29) is 30.6 Å². The van der Waals surface area contributed by atoms with Crippen molar-refractivity contribution >= 4 is 11.9 Å². The first kappa shape index (κ1) is 76.6. The van der Waals surface area contributed by atoms with E-state index in [2.05, 4.69) is 40.7 Å².